The molecule has 0 unspecified atom stereocenters. The van der Waals surface area contributed by atoms with Gasteiger partial charge in [0, 0.05) is 16.8 Å². The Hall–Kier alpha value is -2.14. The second-order valence-corrected chi connectivity index (χ2v) is 4.10. The second-order valence-electron chi connectivity index (χ2n) is 3.66. The lowest BCUT2D eigenvalue weighted by Crippen LogP contribution is -2.10. The third-order valence-electron chi connectivity index (χ3n) is 2.10. The van der Waals surface area contributed by atoms with E-state index >= 15 is 0 Å². The number of nitrogens with one attached hydrogen (secondary N) is 2. The third kappa shape index (κ3) is 3.43. The molecule has 1 heterocycles. The minimum Gasteiger partial charge on any atom is -0.291 e. The monoisotopic (exact) mass is 262 g/mol. The summed E-state index contributed by atoms with van der Waals surface area (Å²) in [4.78, 5) is 17.8. The average molecular weight is 263 g/mol. The molecule has 0 fully saturated rings. The molecule has 0 amide bonds. The van der Waals surface area contributed by atoms with Crippen molar-refractivity contribution in [2.75, 3.05) is 5.43 Å². The molecule has 0 aliphatic rings. The Kier molecular flexibility index (Phi) is 3.74. The van der Waals surface area contributed by atoms with Crippen LogP contribution in [0.15, 0.2) is 40.2 Å². The Bertz CT molecular complexity index is 636. The van der Waals surface area contributed by atoms with Gasteiger partial charge in [-0.15, -0.1) is 0 Å². The lowest BCUT2D eigenvalue weighted by molar-refractivity contribution is 1.04. The number of hydrogen-bond acceptors (Lipinski definition) is 4. The van der Waals surface area contributed by atoms with E-state index in [9.17, 15) is 4.79 Å². The first-order chi connectivity index (χ1) is 8.63. The number of anilines is 1. The van der Waals surface area contributed by atoms with Gasteiger partial charge in [0.2, 0.25) is 5.95 Å². The fourth-order valence-corrected chi connectivity index (χ4v) is 1.59. The van der Waals surface area contributed by atoms with Crippen LogP contribution in [0, 0.1) is 6.92 Å². The van der Waals surface area contributed by atoms with Crippen molar-refractivity contribution in [1.29, 1.82) is 0 Å². The summed E-state index contributed by atoms with van der Waals surface area (Å²) in [5, 5.41) is 4.61. The summed E-state index contributed by atoms with van der Waals surface area (Å²) in [5.74, 6) is 0.304. The van der Waals surface area contributed by atoms with Gasteiger partial charge in [-0.1, -0.05) is 23.7 Å². The Labute approximate surface area is 109 Å². The molecule has 2 aromatic rings. The van der Waals surface area contributed by atoms with Crippen LogP contribution in [-0.4, -0.2) is 16.2 Å². The van der Waals surface area contributed by atoms with E-state index in [0.29, 0.717) is 16.7 Å². The number of nitrogens with zero attached hydrogens (tertiary/aromatic N) is 2. The van der Waals surface area contributed by atoms with Crippen molar-refractivity contribution in [3.8, 4) is 0 Å². The number of aromatic amines is 1. The van der Waals surface area contributed by atoms with E-state index in [1.54, 1.807) is 25.3 Å². The summed E-state index contributed by atoms with van der Waals surface area (Å²) in [7, 11) is 0. The van der Waals surface area contributed by atoms with Crippen LogP contribution >= 0.6 is 11.6 Å². The van der Waals surface area contributed by atoms with E-state index in [4.69, 9.17) is 11.6 Å². The van der Waals surface area contributed by atoms with Crippen molar-refractivity contribution < 1.29 is 0 Å². The average Bonchev–Trinajstić information content (AvgIpc) is 2.27. The highest BCUT2D eigenvalue weighted by molar-refractivity contribution is 6.30. The molecule has 2 N–H and O–H groups in total. The van der Waals surface area contributed by atoms with Gasteiger partial charge in [-0.3, -0.25) is 9.78 Å². The maximum Gasteiger partial charge on any atom is 0.252 e. The molecular weight excluding hydrogens is 252 g/mol. The first kappa shape index (κ1) is 12.3. The van der Waals surface area contributed by atoms with Gasteiger partial charge in [-0.05, 0) is 24.6 Å². The minimum atomic E-state index is -0.219. The van der Waals surface area contributed by atoms with E-state index in [-0.39, 0.29) is 5.56 Å². The van der Waals surface area contributed by atoms with Crippen molar-refractivity contribution in [3.63, 3.8) is 0 Å². The van der Waals surface area contributed by atoms with Gasteiger partial charge in [0.1, 0.15) is 0 Å². The van der Waals surface area contributed by atoms with Crippen molar-refractivity contribution in [2.45, 2.75) is 6.92 Å². The zero-order chi connectivity index (χ0) is 13.0. The molecule has 5 nitrogen and oxygen atoms in total. The molecule has 1 aromatic carbocycles. The van der Waals surface area contributed by atoms with Crippen LogP contribution in [0.2, 0.25) is 5.02 Å². The molecule has 1 aromatic heterocycles. The van der Waals surface area contributed by atoms with E-state index in [1.807, 2.05) is 12.1 Å². The minimum absolute atomic E-state index is 0.219. The number of aromatic nitrogens is 2. The largest absolute Gasteiger partial charge is 0.291 e. The number of halogens is 1. The van der Waals surface area contributed by atoms with E-state index in [0.717, 1.165) is 5.56 Å². The first-order valence-electron chi connectivity index (χ1n) is 5.26. The van der Waals surface area contributed by atoms with Crippen LogP contribution in [0.3, 0.4) is 0 Å². The smallest absolute Gasteiger partial charge is 0.252 e. The maximum atomic E-state index is 11.2. The Morgan fingerprint density at radius 2 is 2.28 bits per heavy atom. The quantitative estimate of drug-likeness (QED) is 0.658. The molecule has 0 aliphatic carbocycles. The van der Waals surface area contributed by atoms with Gasteiger partial charge in [-0.2, -0.15) is 5.10 Å². The Balaban J connectivity index is 2.09. The van der Waals surface area contributed by atoms with Gasteiger partial charge < -0.3 is 0 Å². The number of H-pyrrole nitrogens is 1. The predicted octanol–water partition coefficient (Wildman–Crippen LogP) is 2.18. The van der Waals surface area contributed by atoms with Crippen LogP contribution in [-0.2, 0) is 0 Å². The van der Waals surface area contributed by atoms with Gasteiger partial charge in [0.05, 0.1) is 6.21 Å². The van der Waals surface area contributed by atoms with Crippen LogP contribution < -0.4 is 11.0 Å². The van der Waals surface area contributed by atoms with Crippen LogP contribution in [0.1, 0.15) is 11.3 Å². The van der Waals surface area contributed by atoms with E-state index in [2.05, 4.69) is 20.5 Å². The molecule has 0 saturated carbocycles. The zero-order valence-corrected chi connectivity index (χ0v) is 10.4. The molecular formula is C12H11ClN4O. The Morgan fingerprint density at radius 1 is 1.44 bits per heavy atom. The van der Waals surface area contributed by atoms with Crippen molar-refractivity contribution in [2.24, 2.45) is 5.10 Å². The number of aryl methyl sites for hydroxylation is 1. The molecule has 0 aliphatic heterocycles. The number of benzene rings is 1. The second kappa shape index (κ2) is 5.46. The topological polar surface area (TPSA) is 70.1 Å². The van der Waals surface area contributed by atoms with Crippen molar-refractivity contribution in [3.05, 3.63) is 57.0 Å². The van der Waals surface area contributed by atoms with Crippen molar-refractivity contribution in [1.82, 2.24) is 9.97 Å². The van der Waals surface area contributed by atoms with Crippen molar-refractivity contribution >= 4 is 23.8 Å². The van der Waals surface area contributed by atoms with E-state index in [1.165, 1.54) is 6.07 Å². The lowest BCUT2D eigenvalue weighted by Gasteiger charge is -1.99. The number of rotatable bonds is 3. The molecule has 0 radical (unpaired) electrons. The first-order valence-corrected chi connectivity index (χ1v) is 5.64. The van der Waals surface area contributed by atoms with Crippen LogP contribution in [0.4, 0.5) is 5.95 Å². The molecule has 0 saturated heterocycles. The molecule has 2 rings (SSSR count). The fraction of sp³-hybridized carbons (Fsp3) is 0.0833. The fourth-order valence-electron chi connectivity index (χ4n) is 1.39. The molecule has 0 spiro atoms. The summed E-state index contributed by atoms with van der Waals surface area (Å²) >= 11 is 5.84. The number of hydrazone groups is 1. The normalized spacial score (nSPS) is 10.8. The standard InChI is InChI=1S/C12H11ClN4O/c1-8-5-11(18)16-12(15-8)17-14-7-9-3-2-4-10(13)6-9/h2-7H,1H3,(H2,15,16,17,18). The van der Waals surface area contributed by atoms with Gasteiger partial charge in [0.25, 0.3) is 5.56 Å². The third-order valence-corrected chi connectivity index (χ3v) is 2.34. The SMILES string of the molecule is Cc1cc(=O)[nH]c(NN=Cc2cccc(Cl)c2)n1. The molecule has 92 valence electrons. The number of hydrogen-bond donors (Lipinski definition) is 2. The maximum absolute atomic E-state index is 11.2. The molecule has 6 heteroatoms. The summed E-state index contributed by atoms with van der Waals surface area (Å²) in [6.45, 7) is 1.74. The summed E-state index contributed by atoms with van der Waals surface area (Å²) in [6, 6.07) is 8.66. The Morgan fingerprint density at radius 3 is 3.00 bits per heavy atom. The lowest BCUT2D eigenvalue weighted by atomic mass is 10.2. The molecule has 18 heavy (non-hydrogen) atoms. The van der Waals surface area contributed by atoms with E-state index < -0.39 is 0 Å². The highest BCUT2D eigenvalue weighted by Gasteiger charge is 1.95. The van der Waals surface area contributed by atoms with Gasteiger partial charge in [-0.25, -0.2) is 10.4 Å². The van der Waals surface area contributed by atoms with Gasteiger partial charge >= 0.3 is 0 Å². The summed E-state index contributed by atoms with van der Waals surface area (Å²) in [6.07, 6.45) is 1.59. The zero-order valence-electron chi connectivity index (χ0n) is 9.64. The molecule has 0 bridgehead atoms. The van der Waals surface area contributed by atoms with Crippen LogP contribution in [0.25, 0.3) is 0 Å². The van der Waals surface area contributed by atoms with Crippen LogP contribution in [0.5, 0.6) is 0 Å². The summed E-state index contributed by atoms with van der Waals surface area (Å²) < 4.78 is 0. The highest BCUT2D eigenvalue weighted by atomic mass is 35.5. The van der Waals surface area contributed by atoms with Gasteiger partial charge in [0.15, 0.2) is 0 Å². The predicted molar refractivity (Wildman–Crippen MR) is 72.3 cm³/mol. The highest BCUT2D eigenvalue weighted by Crippen LogP contribution is 2.08. The molecule has 0 atom stereocenters. The summed E-state index contributed by atoms with van der Waals surface area (Å²) in [5.41, 5.74) is 3.91.